The molecule has 1 aromatic rings. The Kier molecular flexibility index (Phi) is 5.62. The predicted octanol–water partition coefficient (Wildman–Crippen LogP) is 3.43. The van der Waals surface area contributed by atoms with Crippen LogP contribution in [0.5, 0.6) is 0 Å². The zero-order valence-corrected chi connectivity index (χ0v) is 12.8. The van der Waals surface area contributed by atoms with Gasteiger partial charge in [-0.2, -0.15) is 0 Å². The number of benzene rings is 1. The molecule has 0 saturated heterocycles. The largest absolute Gasteiger partial charge is 0.480 e. The standard InChI is InChI=1S/C12H14BrClN2O3/c1-7(2)16(6-11(17)18)12(19)15-10-4-3-8(14)5-9(10)13/h3-5,7H,6H2,1-2H3,(H,15,19)(H,17,18). The van der Waals surface area contributed by atoms with Crippen molar-refractivity contribution in [3.05, 3.63) is 27.7 Å². The molecule has 0 bridgehead atoms. The Morgan fingerprint density at radius 3 is 2.58 bits per heavy atom. The van der Waals surface area contributed by atoms with Crippen molar-refractivity contribution in [1.29, 1.82) is 0 Å². The number of urea groups is 1. The summed E-state index contributed by atoms with van der Waals surface area (Å²) in [6.07, 6.45) is 0. The molecular formula is C12H14BrClN2O3. The normalized spacial score (nSPS) is 10.4. The van der Waals surface area contributed by atoms with E-state index in [1.54, 1.807) is 32.0 Å². The first-order chi connectivity index (χ1) is 8.81. The summed E-state index contributed by atoms with van der Waals surface area (Å²) < 4.78 is 0.632. The maximum absolute atomic E-state index is 12.0. The average molecular weight is 350 g/mol. The second kappa shape index (κ2) is 6.77. The van der Waals surface area contributed by atoms with Crippen LogP contribution in [0.4, 0.5) is 10.5 Å². The molecule has 19 heavy (non-hydrogen) atoms. The number of nitrogens with zero attached hydrogens (tertiary/aromatic N) is 1. The third-order valence-electron chi connectivity index (χ3n) is 2.36. The van der Waals surface area contributed by atoms with E-state index in [0.717, 1.165) is 0 Å². The molecule has 0 heterocycles. The van der Waals surface area contributed by atoms with E-state index in [0.29, 0.717) is 15.2 Å². The van der Waals surface area contributed by atoms with Crippen molar-refractivity contribution in [3.8, 4) is 0 Å². The molecule has 2 amide bonds. The van der Waals surface area contributed by atoms with Crippen LogP contribution in [0, 0.1) is 0 Å². The highest BCUT2D eigenvalue weighted by atomic mass is 79.9. The van der Waals surface area contributed by atoms with Gasteiger partial charge in [-0.3, -0.25) is 4.79 Å². The van der Waals surface area contributed by atoms with Crippen LogP contribution >= 0.6 is 27.5 Å². The van der Waals surface area contributed by atoms with Crippen LogP contribution in [-0.4, -0.2) is 34.6 Å². The van der Waals surface area contributed by atoms with Crippen molar-refractivity contribution < 1.29 is 14.7 Å². The number of amides is 2. The molecule has 1 aromatic carbocycles. The van der Waals surface area contributed by atoms with Crippen molar-refractivity contribution in [3.63, 3.8) is 0 Å². The Labute approximate surface area is 124 Å². The number of rotatable bonds is 4. The molecule has 0 aliphatic heterocycles. The average Bonchev–Trinajstić information content (AvgIpc) is 2.29. The summed E-state index contributed by atoms with van der Waals surface area (Å²) in [4.78, 5) is 24.0. The van der Waals surface area contributed by atoms with Crippen LogP contribution in [0.15, 0.2) is 22.7 Å². The molecule has 0 aliphatic carbocycles. The van der Waals surface area contributed by atoms with E-state index < -0.39 is 12.0 Å². The lowest BCUT2D eigenvalue weighted by Gasteiger charge is -2.25. The van der Waals surface area contributed by atoms with Crippen molar-refractivity contribution in [2.75, 3.05) is 11.9 Å². The zero-order valence-electron chi connectivity index (χ0n) is 10.5. The van der Waals surface area contributed by atoms with E-state index in [4.69, 9.17) is 16.7 Å². The lowest BCUT2D eigenvalue weighted by Crippen LogP contribution is -2.43. The minimum atomic E-state index is -1.06. The molecule has 0 fully saturated rings. The first-order valence-electron chi connectivity index (χ1n) is 5.55. The topological polar surface area (TPSA) is 69.6 Å². The van der Waals surface area contributed by atoms with Gasteiger partial charge in [0.25, 0.3) is 0 Å². The number of carboxylic acids is 1. The van der Waals surface area contributed by atoms with Gasteiger partial charge in [-0.1, -0.05) is 11.6 Å². The zero-order chi connectivity index (χ0) is 14.6. The number of anilines is 1. The Bertz CT molecular complexity index is 494. The maximum Gasteiger partial charge on any atom is 0.323 e. The molecule has 5 nitrogen and oxygen atoms in total. The molecular weight excluding hydrogens is 336 g/mol. The Morgan fingerprint density at radius 1 is 1.47 bits per heavy atom. The van der Waals surface area contributed by atoms with Crippen LogP contribution in [-0.2, 0) is 4.79 Å². The number of hydrogen-bond donors (Lipinski definition) is 2. The Hall–Kier alpha value is -1.27. The molecule has 2 N–H and O–H groups in total. The third-order valence-corrected chi connectivity index (χ3v) is 3.25. The van der Waals surface area contributed by atoms with E-state index in [1.807, 2.05) is 0 Å². The lowest BCUT2D eigenvalue weighted by atomic mass is 10.3. The van der Waals surface area contributed by atoms with Gasteiger partial charge >= 0.3 is 12.0 Å². The number of carbonyl (C=O) groups is 2. The summed E-state index contributed by atoms with van der Waals surface area (Å²) in [6, 6.07) is 4.24. The molecule has 7 heteroatoms. The van der Waals surface area contributed by atoms with Gasteiger partial charge in [-0.25, -0.2) is 4.79 Å². The van der Waals surface area contributed by atoms with Gasteiger partial charge in [0.2, 0.25) is 0 Å². The van der Waals surface area contributed by atoms with Gasteiger partial charge in [0.05, 0.1) is 5.69 Å². The highest BCUT2D eigenvalue weighted by molar-refractivity contribution is 9.10. The minimum absolute atomic E-state index is 0.220. The molecule has 104 valence electrons. The first-order valence-corrected chi connectivity index (χ1v) is 6.73. The molecule has 0 saturated carbocycles. The SMILES string of the molecule is CC(C)N(CC(=O)O)C(=O)Nc1ccc(Cl)cc1Br. The fraction of sp³-hybridized carbons (Fsp3) is 0.333. The van der Waals surface area contributed by atoms with Crippen molar-refractivity contribution >= 4 is 45.2 Å². The number of aliphatic carboxylic acids is 1. The van der Waals surface area contributed by atoms with Crippen LogP contribution in [0.2, 0.25) is 5.02 Å². The Balaban J connectivity index is 2.84. The Morgan fingerprint density at radius 2 is 2.11 bits per heavy atom. The fourth-order valence-electron chi connectivity index (χ4n) is 1.41. The van der Waals surface area contributed by atoms with E-state index in [9.17, 15) is 9.59 Å². The summed E-state index contributed by atoms with van der Waals surface area (Å²) in [7, 11) is 0. The molecule has 0 unspecified atom stereocenters. The summed E-state index contributed by atoms with van der Waals surface area (Å²) in [5.74, 6) is -1.06. The second-order valence-electron chi connectivity index (χ2n) is 4.17. The molecule has 1 rings (SSSR count). The van der Waals surface area contributed by atoms with Crippen LogP contribution in [0.3, 0.4) is 0 Å². The minimum Gasteiger partial charge on any atom is -0.480 e. The van der Waals surface area contributed by atoms with Crippen LogP contribution in [0.25, 0.3) is 0 Å². The quantitative estimate of drug-likeness (QED) is 0.875. The van der Waals surface area contributed by atoms with E-state index in [1.165, 1.54) is 4.90 Å². The number of carbonyl (C=O) groups excluding carboxylic acids is 1. The van der Waals surface area contributed by atoms with E-state index in [2.05, 4.69) is 21.2 Å². The van der Waals surface area contributed by atoms with Gasteiger partial charge < -0.3 is 15.3 Å². The smallest absolute Gasteiger partial charge is 0.323 e. The highest BCUT2D eigenvalue weighted by Crippen LogP contribution is 2.26. The summed E-state index contributed by atoms with van der Waals surface area (Å²) >= 11 is 9.08. The first kappa shape index (κ1) is 15.8. The van der Waals surface area contributed by atoms with Crippen LogP contribution in [0.1, 0.15) is 13.8 Å². The van der Waals surface area contributed by atoms with Crippen molar-refractivity contribution in [2.45, 2.75) is 19.9 Å². The predicted molar refractivity (Wildman–Crippen MR) is 77.6 cm³/mol. The molecule has 0 radical (unpaired) electrons. The highest BCUT2D eigenvalue weighted by Gasteiger charge is 2.20. The molecule has 0 atom stereocenters. The summed E-state index contributed by atoms with van der Waals surface area (Å²) in [5, 5.41) is 12.0. The van der Waals surface area contributed by atoms with Crippen LogP contribution < -0.4 is 5.32 Å². The van der Waals surface area contributed by atoms with Gasteiger partial charge in [-0.05, 0) is 48.0 Å². The van der Waals surface area contributed by atoms with Crippen molar-refractivity contribution in [1.82, 2.24) is 4.90 Å². The number of carboxylic acid groups (broad SMARTS) is 1. The second-order valence-corrected chi connectivity index (χ2v) is 5.46. The van der Waals surface area contributed by atoms with Crippen molar-refractivity contribution in [2.24, 2.45) is 0 Å². The summed E-state index contributed by atoms with van der Waals surface area (Å²) in [5.41, 5.74) is 0.533. The lowest BCUT2D eigenvalue weighted by molar-refractivity contribution is -0.137. The van der Waals surface area contributed by atoms with Gasteiger partial charge in [-0.15, -0.1) is 0 Å². The van der Waals surface area contributed by atoms with Gasteiger partial charge in [0.15, 0.2) is 0 Å². The molecule has 0 aliphatic rings. The number of halogens is 2. The third kappa shape index (κ3) is 4.72. The van der Waals surface area contributed by atoms with Gasteiger partial charge in [0.1, 0.15) is 6.54 Å². The van der Waals surface area contributed by atoms with Gasteiger partial charge in [0, 0.05) is 15.5 Å². The molecule has 0 spiro atoms. The van der Waals surface area contributed by atoms with E-state index in [-0.39, 0.29) is 12.6 Å². The monoisotopic (exact) mass is 348 g/mol. The maximum atomic E-state index is 12.0. The molecule has 0 aromatic heterocycles. The number of hydrogen-bond acceptors (Lipinski definition) is 2. The number of nitrogens with one attached hydrogen (secondary N) is 1. The summed E-state index contributed by atoms with van der Waals surface area (Å²) in [6.45, 7) is 3.15. The van der Waals surface area contributed by atoms with E-state index >= 15 is 0 Å². The fourth-order valence-corrected chi connectivity index (χ4v) is 2.19.